The standard InChI is InChI=1S/C23H29ClO5.C5H10.C2H6/c1-14-3-6-19-17-12-27-13-29-20(17)7-9-23(19,2)18(14)8-10-28-21-11-15(24)4-5-16(21)22(25)26;1-2-4-5-3-1;1-2/h4-5,11,17-20H,1,3,6-10,12-13H2,2H3,(H,25,26);1-5H2;1-2H3. The minimum atomic E-state index is -1.01. The molecular weight excluding hydrogens is 476 g/mol. The molecule has 1 saturated heterocycles. The Morgan fingerprint density at radius 3 is 2.56 bits per heavy atom. The number of aromatic carboxylic acids is 1. The van der Waals surface area contributed by atoms with Crippen LogP contribution in [0.5, 0.6) is 5.75 Å². The van der Waals surface area contributed by atoms with Crippen LogP contribution >= 0.6 is 11.6 Å². The van der Waals surface area contributed by atoms with Crippen LogP contribution in [0.2, 0.25) is 5.02 Å². The van der Waals surface area contributed by atoms with E-state index in [1.165, 1.54) is 43.7 Å². The van der Waals surface area contributed by atoms with Crippen molar-refractivity contribution in [3.63, 3.8) is 0 Å². The fourth-order valence-corrected chi connectivity index (χ4v) is 6.97. The van der Waals surface area contributed by atoms with Gasteiger partial charge in [-0.1, -0.05) is 76.6 Å². The average Bonchev–Trinajstić information content (AvgIpc) is 3.47. The average molecular weight is 521 g/mol. The lowest BCUT2D eigenvalue weighted by molar-refractivity contribution is -0.218. The van der Waals surface area contributed by atoms with Crippen LogP contribution in [0.1, 0.15) is 95.3 Å². The van der Waals surface area contributed by atoms with E-state index in [1.54, 1.807) is 12.1 Å². The molecule has 1 aliphatic heterocycles. The van der Waals surface area contributed by atoms with Crippen molar-refractivity contribution < 1.29 is 24.1 Å². The van der Waals surface area contributed by atoms with Crippen molar-refractivity contribution in [2.45, 2.75) is 91.1 Å². The molecule has 5 atom stereocenters. The number of rotatable bonds is 5. The first-order valence-electron chi connectivity index (χ1n) is 13.9. The molecule has 4 fully saturated rings. The first-order chi connectivity index (χ1) is 17.4. The fourth-order valence-electron chi connectivity index (χ4n) is 6.81. The number of hydrogen-bond donors (Lipinski definition) is 1. The Labute approximate surface area is 222 Å². The zero-order chi connectivity index (χ0) is 26.1. The lowest BCUT2D eigenvalue weighted by Gasteiger charge is -2.57. The number of allylic oxidation sites excluding steroid dienone is 1. The number of benzene rings is 1. The summed E-state index contributed by atoms with van der Waals surface area (Å²) in [5.41, 5.74) is 1.57. The Morgan fingerprint density at radius 2 is 1.89 bits per heavy atom. The summed E-state index contributed by atoms with van der Waals surface area (Å²) in [6.45, 7) is 12.4. The van der Waals surface area contributed by atoms with Gasteiger partial charge in [-0.25, -0.2) is 4.79 Å². The predicted molar refractivity (Wildman–Crippen MR) is 145 cm³/mol. The van der Waals surface area contributed by atoms with Crippen LogP contribution in [0.25, 0.3) is 0 Å². The summed E-state index contributed by atoms with van der Waals surface area (Å²) in [4.78, 5) is 11.5. The maximum absolute atomic E-state index is 11.5. The second-order valence-electron chi connectivity index (χ2n) is 10.6. The Balaban J connectivity index is 0.000000452. The highest BCUT2D eigenvalue weighted by molar-refractivity contribution is 6.30. The maximum Gasteiger partial charge on any atom is 0.339 e. The van der Waals surface area contributed by atoms with Crippen molar-refractivity contribution in [1.82, 2.24) is 0 Å². The van der Waals surface area contributed by atoms with E-state index in [0.717, 1.165) is 38.7 Å². The second kappa shape index (κ2) is 13.8. The minimum Gasteiger partial charge on any atom is -0.493 e. The van der Waals surface area contributed by atoms with E-state index >= 15 is 0 Å². The number of fused-ring (bicyclic) bond motifs is 3. The van der Waals surface area contributed by atoms with Crippen LogP contribution in [-0.4, -0.2) is 37.2 Å². The highest BCUT2D eigenvalue weighted by Crippen LogP contribution is 2.58. The van der Waals surface area contributed by atoms with Crippen molar-refractivity contribution >= 4 is 17.6 Å². The first-order valence-corrected chi connectivity index (χ1v) is 14.3. The molecule has 1 N–H and O–H groups in total. The van der Waals surface area contributed by atoms with Gasteiger partial charge in [0.1, 0.15) is 18.1 Å². The van der Waals surface area contributed by atoms with E-state index in [2.05, 4.69) is 13.5 Å². The molecule has 3 saturated carbocycles. The summed E-state index contributed by atoms with van der Waals surface area (Å²) in [7, 11) is 0. The third kappa shape index (κ3) is 6.85. The smallest absolute Gasteiger partial charge is 0.339 e. The van der Waals surface area contributed by atoms with Crippen molar-refractivity contribution in [1.29, 1.82) is 0 Å². The van der Waals surface area contributed by atoms with E-state index in [9.17, 15) is 9.90 Å². The van der Waals surface area contributed by atoms with Crippen LogP contribution in [0.15, 0.2) is 30.4 Å². The molecule has 0 bridgehead atoms. The van der Waals surface area contributed by atoms with Crippen molar-refractivity contribution in [2.24, 2.45) is 23.2 Å². The molecule has 202 valence electrons. The molecule has 6 heteroatoms. The number of carboxylic acid groups (broad SMARTS) is 1. The highest BCUT2D eigenvalue weighted by atomic mass is 35.5. The van der Waals surface area contributed by atoms with Crippen LogP contribution in [0, 0.1) is 23.2 Å². The summed E-state index contributed by atoms with van der Waals surface area (Å²) < 4.78 is 17.4. The third-order valence-corrected chi connectivity index (χ3v) is 8.87. The van der Waals surface area contributed by atoms with Crippen LogP contribution in [0.3, 0.4) is 0 Å². The van der Waals surface area contributed by atoms with Crippen molar-refractivity contribution in [3.8, 4) is 5.75 Å². The summed E-state index contributed by atoms with van der Waals surface area (Å²) >= 11 is 6.04. The summed E-state index contributed by atoms with van der Waals surface area (Å²) in [5.74, 6) is 0.659. The Hall–Kier alpha value is -1.56. The first kappa shape index (κ1) is 29.0. The normalized spacial score (nSPS) is 31.1. The third-order valence-electron chi connectivity index (χ3n) is 8.64. The van der Waals surface area contributed by atoms with Gasteiger partial charge in [0.2, 0.25) is 0 Å². The highest BCUT2D eigenvalue weighted by Gasteiger charge is 2.53. The summed E-state index contributed by atoms with van der Waals surface area (Å²) in [5, 5.41) is 9.86. The van der Waals surface area contributed by atoms with Gasteiger partial charge in [-0.3, -0.25) is 0 Å². The fraction of sp³-hybridized carbons (Fsp3) is 0.700. The van der Waals surface area contributed by atoms with E-state index in [0.29, 0.717) is 48.0 Å². The predicted octanol–water partition coefficient (Wildman–Crippen LogP) is 8.16. The Morgan fingerprint density at radius 1 is 1.19 bits per heavy atom. The van der Waals surface area contributed by atoms with Gasteiger partial charge in [0.25, 0.3) is 0 Å². The van der Waals surface area contributed by atoms with Gasteiger partial charge in [0.15, 0.2) is 0 Å². The molecule has 36 heavy (non-hydrogen) atoms. The molecule has 0 spiro atoms. The molecule has 3 aliphatic carbocycles. The molecule has 0 radical (unpaired) electrons. The summed E-state index contributed by atoms with van der Waals surface area (Å²) in [6, 6.07) is 4.63. The molecule has 5 rings (SSSR count). The molecule has 5 nitrogen and oxygen atoms in total. The number of carbonyl (C=O) groups is 1. The summed E-state index contributed by atoms with van der Waals surface area (Å²) in [6.07, 6.45) is 13.0. The Bertz CT molecular complexity index is 859. The van der Waals surface area contributed by atoms with Gasteiger partial charge in [-0.15, -0.1) is 0 Å². The van der Waals surface area contributed by atoms with Gasteiger partial charge in [0.05, 0.1) is 19.3 Å². The minimum absolute atomic E-state index is 0.137. The lowest BCUT2D eigenvalue weighted by atomic mass is 9.50. The zero-order valence-electron chi connectivity index (χ0n) is 22.4. The Kier molecular flexibility index (Phi) is 11.1. The van der Waals surface area contributed by atoms with Crippen molar-refractivity contribution in [3.05, 3.63) is 40.9 Å². The molecule has 4 aliphatic rings. The molecule has 0 aromatic heterocycles. The lowest BCUT2D eigenvalue weighted by Crippen LogP contribution is -2.54. The molecule has 1 aromatic rings. The second-order valence-corrected chi connectivity index (χ2v) is 11.0. The molecule has 5 unspecified atom stereocenters. The number of hydrogen-bond acceptors (Lipinski definition) is 4. The van der Waals surface area contributed by atoms with Crippen LogP contribution in [-0.2, 0) is 9.47 Å². The van der Waals surface area contributed by atoms with Gasteiger partial charge in [0, 0.05) is 10.9 Å². The van der Waals surface area contributed by atoms with E-state index in [1.807, 2.05) is 13.8 Å². The monoisotopic (exact) mass is 520 g/mol. The quantitative estimate of drug-likeness (QED) is 0.397. The SMILES string of the molecule is C1CCCC1.C=C1CCC2C3COCOC3CCC2(C)C1CCOc1cc(Cl)ccc1C(=O)O.CC. The van der Waals surface area contributed by atoms with E-state index in [4.69, 9.17) is 25.8 Å². The number of carboxylic acids is 1. The van der Waals surface area contributed by atoms with Crippen LogP contribution < -0.4 is 4.74 Å². The van der Waals surface area contributed by atoms with Gasteiger partial charge < -0.3 is 19.3 Å². The maximum atomic E-state index is 11.5. The molecule has 1 heterocycles. The zero-order valence-corrected chi connectivity index (χ0v) is 23.2. The van der Waals surface area contributed by atoms with E-state index < -0.39 is 5.97 Å². The number of halogens is 1. The van der Waals surface area contributed by atoms with Gasteiger partial charge in [-0.2, -0.15) is 0 Å². The molecular formula is C30H45ClO5. The molecule has 0 amide bonds. The molecule has 1 aromatic carbocycles. The van der Waals surface area contributed by atoms with Crippen molar-refractivity contribution in [2.75, 3.05) is 20.0 Å². The van der Waals surface area contributed by atoms with Gasteiger partial charge in [-0.05, 0) is 67.6 Å². The van der Waals surface area contributed by atoms with E-state index in [-0.39, 0.29) is 11.0 Å². The largest absolute Gasteiger partial charge is 0.493 e. The number of ether oxygens (including phenoxy) is 3. The van der Waals surface area contributed by atoms with Gasteiger partial charge >= 0.3 is 5.97 Å². The van der Waals surface area contributed by atoms with Crippen LogP contribution in [0.4, 0.5) is 0 Å². The topological polar surface area (TPSA) is 65.0 Å².